The number of aromatic amines is 1. The van der Waals surface area contributed by atoms with Crippen LogP contribution in [0.1, 0.15) is 34.6 Å². The minimum absolute atomic E-state index is 0.0162. The van der Waals surface area contributed by atoms with Crippen molar-refractivity contribution in [3.05, 3.63) is 81.0 Å². The lowest BCUT2D eigenvalue weighted by atomic mass is 9.92. The summed E-state index contributed by atoms with van der Waals surface area (Å²) in [5.74, 6) is 1.13. The van der Waals surface area contributed by atoms with Gasteiger partial charge in [0.2, 0.25) is 0 Å². The molecule has 0 atom stereocenters. The number of para-hydroxylation sites is 1. The summed E-state index contributed by atoms with van der Waals surface area (Å²) < 4.78 is 1.67. The molecule has 1 saturated heterocycles. The number of halogens is 1. The molecule has 2 heterocycles. The highest BCUT2D eigenvalue weighted by molar-refractivity contribution is 6.30. The molecule has 0 saturated carbocycles. The number of carbonyl (C=O) groups excluding carboxylic acids is 1. The second-order valence-corrected chi connectivity index (χ2v) is 7.95. The fraction of sp³-hybridized carbons (Fsp3) is 0.318. The number of benzene rings is 2. The van der Waals surface area contributed by atoms with Crippen LogP contribution in [0.15, 0.2) is 53.3 Å². The number of piperidine rings is 1. The van der Waals surface area contributed by atoms with Crippen LogP contribution in [0.3, 0.4) is 0 Å². The Morgan fingerprint density at radius 1 is 1.17 bits per heavy atom. The summed E-state index contributed by atoms with van der Waals surface area (Å²) in [6.45, 7) is 3.36. The highest BCUT2D eigenvalue weighted by Crippen LogP contribution is 2.24. The number of amides is 1. The second-order valence-electron chi connectivity index (χ2n) is 7.52. The predicted molar refractivity (Wildman–Crippen MR) is 113 cm³/mol. The number of hydrogen-bond acceptors (Lipinski definition) is 3. The van der Waals surface area contributed by atoms with Crippen molar-refractivity contribution in [3.8, 4) is 5.69 Å². The number of nitrogens with one attached hydrogen (secondary N) is 1. The molecule has 1 aliphatic rings. The van der Waals surface area contributed by atoms with Crippen molar-refractivity contribution in [2.75, 3.05) is 13.1 Å². The third kappa shape index (κ3) is 4.12. The van der Waals surface area contributed by atoms with Crippen molar-refractivity contribution >= 4 is 17.5 Å². The molecule has 4 rings (SSSR count). The molecule has 1 aromatic heterocycles. The largest absolute Gasteiger partial charge is 0.347 e. The minimum atomic E-state index is -0.220. The first-order valence-electron chi connectivity index (χ1n) is 9.80. The van der Waals surface area contributed by atoms with Gasteiger partial charge in [0.25, 0.3) is 5.91 Å². The molecule has 1 aliphatic heterocycles. The van der Waals surface area contributed by atoms with E-state index in [-0.39, 0.29) is 11.6 Å². The summed E-state index contributed by atoms with van der Waals surface area (Å²) in [4.78, 5) is 26.9. The third-order valence-corrected chi connectivity index (χ3v) is 5.78. The lowest BCUT2D eigenvalue weighted by molar-refractivity contribution is 0.0689. The van der Waals surface area contributed by atoms with E-state index in [1.165, 1.54) is 0 Å². The lowest BCUT2D eigenvalue weighted by Crippen LogP contribution is -2.39. The first-order valence-corrected chi connectivity index (χ1v) is 10.2. The smallest absolute Gasteiger partial charge is 0.339 e. The molecular weight excluding hydrogens is 388 g/mol. The van der Waals surface area contributed by atoms with Gasteiger partial charge in [0, 0.05) is 30.1 Å². The molecule has 0 spiro atoms. The molecule has 0 bridgehead atoms. The van der Waals surface area contributed by atoms with E-state index in [0.29, 0.717) is 36.0 Å². The Bertz CT molecular complexity index is 1080. The molecule has 1 N–H and O–H groups in total. The van der Waals surface area contributed by atoms with Gasteiger partial charge < -0.3 is 4.90 Å². The monoisotopic (exact) mass is 410 g/mol. The highest BCUT2D eigenvalue weighted by atomic mass is 35.5. The number of hydrogen-bond donors (Lipinski definition) is 1. The quantitative estimate of drug-likeness (QED) is 0.714. The van der Waals surface area contributed by atoms with Gasteiger partial charge in [0.05, 0.1) is 5.69 Å². The summed E-state index contributed by atoms with van der Waals surface area (Å²) in [7, 11) is 0. The van der Waals surface area contributed by atoms with E-state index in [1.54, 1.807) is 28.8 Å². The van der Waals surface area contributed by atoms with Crippen molar-refractivity contribution in [1.82, 2.24) is 19.7 Å². The zero-order chi connectivity index (χ0) is 20.4. The van der Waals surface area contributed by atoms with E-state index in [1.807, 2.05) is 36.1 Å². The first kappa shape index (κ1) is 19.5. The molecule has 3 aromatic rings. The Hall–Kier alpha value is -2.86. The van der Waals surface area contributed by atoms with Crippen molar-refractivity contribution in [2.24, 2.45) is 5.92 Å². The van der Waals surface area contributed by atoms with Crippen LogP contribution in [0.25, 0.3) is 5.69 Å². The molecule has 7 heteroatoms. The van der Waals surface area contributed by atoms with Crippen LogP contribution in [0, 0.1) is 12.8 Å². The molecule has 6 nitrogen and oxygen atoms in total. The number of rotatable bonds is 4. The van der Waals surface area contributed by atoms with Crippen LogP contribution >= 0.6 is 11.6 Å². The zero-order valence-electron chi connectivity index (χ0n) is 16.3. The normalized spacial score (nSPS) is 14.9. The molecule has 0 unspecified atom stereocenters. The van der Waals surface area contributed by atoms with Crippen molar-refractivity contribution < 1.29 is 4.79 Å². The number of likely N-dealkylation sites (tertiary alicyclic amines) is 1. The van der Waals surface area contributed by atoms with Crippen molar-refractivity contribution in [2.45, 2.75) is 26.2 Å². The van der Waals surface area contributed by atoms with Gasteiger partial charge in [-0.25, -0.2) is 14.5 Å². The summed E-state index contributed by atoms with van der Waals surface area (Å²) in [6.07, 6.45) is 2.45. The van der Waals surface area contributed by atoms with Gasteiger partial charge in [-0.1, -0.05) is 35.9 Å². The standard InChI is InChI=1S/C22H23ClN4O2/c1-15-5-2-3-8-19(15)27-20(24-25-22(27)29)13-16-9-11-26(12-10-16)21(28)17-6-4-7-18(23)14-17/h2-8,14,16H,9-13H2,1H3,(H,25,29). The maximum atomic E-state index is 12.7. The summed E-state index contributed by atoms with van der Waals surface area (Å²) in [5.41, 5.74) is 2.29. The van der Waals surface area contributed by atoms with E-state index in [4.69, 9.17) is 11.6 Å². The number of aromatic nitrogens is 3. The van der Waals surface area contributed by atoms with Crippen LogP contribution in [0.2, 0.25) is 5.02 Å². The van der Waals surface area contributed by atoms with Gasteiger partial charge in [0.1, 0.15) is 5.82 Å². The van der Waals surface area contributed by atoms with Gasteiger partial charge in [-0.05, 0) is 55.5 Å². The zero-order valence-corrected chi connectivity index (χ0v) is 17.0. The third-order valence-electron chi connectivity index (χ3n) is 5.54. The van der Waals surface area contributed by atoms with Crippen molar-refractivity contribution in [3.63, 3.8) is 0 Å². The Morgan fingerprint density at radius 3 is 2.66 bits per heavy atom. The van der Waals surface area contributed by atoms with E-state index in [9.17, 15) is 9.59 Å². The van der Waals surface area contributed by atoms with Crippen LogP contribution in [0.4, 0.5) is 0 Å². The topological polar surface area (TPSA) is 71.0 Å². The van der Waals surface area contributed by atoms with Crippen LogP contribution < -0.4 is 5.69 Å². The lowest BCUT2D eigenvalue weighted by Gasteiger charge is -2.32. The molecule has 0 aliphatic carbocycles. The number of carbonyl (C=O) groups is 1. The minimum Gasteiger partial charge on any atom is -0.339 e. The molecule has 2 aromatic carbocycles. The Kier molecular flexibility index (Phi) is 5.53. The Labute approximate surface area is 174 Å². The van der Waals surface area contributed by atoms with Gasteiger partial charge in [0.15, 0.2) is 0 Å². The fourth-order valence-corrected chi connectivity index (χ4v) is 4.12. The number of nitrogens with zero attached hydrogens (tertiary/aromatic N) is 3. The van der Waals surface area contributed by atoms with Gasteiger partial charge in [-0.3, -0.25) is 4.79 Å². The van der Waals surface area contributed by atoms with E-state index >= 15 is 0 Å². The average molecular weight is 411 g/mol. The van der Waals surface area contributed by atoms with Crippen LogP contribution in [-0.2, 0) is 6.42 Å². The SMILES string of the molecule is Cc1ccccc1-n1c(CC2CCN(C(=O)c3cccc(Cl)c3)CC2)n[nH]c1=O. The Morgan fingerprint density at radius 2 is 1.93 bits per heavy atom. The highest BCUT2D eigenvalue weighted by Gasteiger charge is 2.25. The second kappa shape index (κ2) is 8.25. The van der Waals surface area contributed by atoms with E-state index in [2.05, 4.69) is 10.2 Å². The van der Waals surface area contributed by atoms with Crippen LogP contribution in [-0.4, -0.2) is 38.7 Å². The maximum Gasteiger partial charge on any atom is 0.347 e. The average Bonchev–Trinajstić information content (AvgIpc) is 3.08. The summed E-state index contributed by atoms with van der Waals surface area (Å²) >= 11 is 6.01. The summed E-state index contributed by atoms with van der Waals surface area (Å²) in [6, 6.07) is 14.9. The predicted octanol–water partition coefficient (Wildman–Crippen LogP) is 3.62. The number of aryl methyl sites for hydroxylation is 1. The number of H-pyrrole nitrogens is 1. The molecular formula is C22H23ClN4O2. The Balaban J connectivity index is 1.44. The van der Waals surface area contributed by atoms with Crippen LogP contribution in [0.5, 0.6) is 0 Å². The first-order chi connectivity index (χ1) is 14.0. The van der Waals surface area contributed by atoms with Gasteiger partial charge >= 0.3 is 5.69 Å². The molecule has 29 heavy (non-hydrogen) atoms. The molecule has 1 amide bonds. The van der Waals surface area contributed by atoms with E-state index < -0.39 is 0 Å². The van der Waals surface area contributed by atoms with E-state index in [0.717, 1.165) is 29.9 Å². The fourth-order valence-electron chi connectivity index (χ4n) is 3.93. The molecule has 150 valence electrons. The summed E-state index contributed by atoms with van der Waals surface area (Å²) in [5, 5.41) is 7.42. The van der Waals surface area contributed by atoms with Crippen molar-refractivity contribution in [1.29, 1.82) is 0 Å². The van der Waals surface area contributed by atoms with Gasteiger partial charge in [-0.2, -0.15) is 5.10 Å². The molecule has 0 radical (unpaired) electrons. The molecule has 1 fully saturated rings. The van der Waals surface area contributed by atoms with Gasteiger partial charge in [-0.15, -0.1) is 0 Å². The maximum absolute atomic E-state index is 12.7.